The van der Waals surface area contributed by atoms with E-state index in [9.17, 15) is 14.4 Å². The molecule has 1 heterocycles. The SMILES string of the molecule is CCCCOCC(=O)N(C)CC(=O)N1CCC(C(=O)O)CC1. The van der Waals surface area contributed by atoms with E-state index >= 15 is 0 Å². The van der Waals surface area contributed by atoms with E-state index in [0.29, 0.717) is 32.5 Å². The maximum atomic E-state index is 12.1. The van der Waals surface area contributed by atoms with Crippen molar-refractivity contribution in [2.24, 2.45) is 5.92 Å². The van der Waals surface area contributed by atoms with Gasteiger partial charge in [-0.25, -0.2) is 0 Å². The summed E-state index contributed by atoms with van der Waals surface area (Å²) < 4.78 is 5.24. The molecule has 0 spiro atoms. The van der Waals surface area contributed by atoms with Gasteiger partial charge in [0.15, 0.2) is 0 Å². The van der Waals surface area contributed by atoms with Crippen LogP contribution in [-0.2, 0) is 19.1 Å². The number of carboxylic acids is 1. The Morgan fingerprint density at radius 3 is 2.45 bits per heavy atom. The second kappa shape index (κ2) is 9.40. The van der Waals surface area contributed by atoms with E-state index in [1.165, 1.54) is 4.90 Å². The van der Waals surface area contributed by atoms with Gasteiger partial charge >= 0.3 is 5.97 Å². The Bertz CT molecular complexity index is 391. The fourth-order valence-electron chi connectivity index (χ4n) is 2.28. The normalized spacial score (nSPS) is 15.6. The third-order valence-corrected chi connectivity index (χ3v) is 3.86. The van der Waals surface area contributed by atoms with E-state index in [-0.39, 0.29) is 30.9 Å². The number of carboxylic acid groups (broad SMARTS) is 1. The molecule has 7 heteroatoms. The van der Waals surface area contributed by atoms with E-state index in [4.69, 9.17) is 9.84 Å². The van der Waals surface area contributed by atoms with Gasteiger partial charge in [0.05, 0.1) is 12.5 Å². The van der Waals surface area contributed by atoms with Gasteiger partial charge in [0.2, 0.25) is 11.8 Å². The number of nitrogens with zero attached hydrogens (tertiary/aromatic N) is 2. The minimum atomic E-state index is -0.802. The lowest BCUT2D eigenvalue weighted by molar-refractivity contribution is -0.147. The van der Waals surface area contributed by atoms with Gasteiger partial charge < -0.3 is 19.6 Å². The number of likely N-dealkylation sites (tertiary alicyclic amines) is 1. The first kappa shape index (κ1) is 18.4. The average molecular weight is 314 g/mol. The van der Waals surface area contributed by atoms with Gasteiger partial charge in [-0.2, -0.15) is 0 Å². The molecule has 0 bridgehead atoms. The van der Waals surface area contributed by atoms with Crippen molar-refractivity contribution in [1.29, 1.82) is 0 Å². The molecule has 0 radical (unpaired) electrons. The molecule has 1 aliphatic rings. The van der Waals surface area contributed by atoms with Crippen LogP contribution in [0.1, 0.15) is 32.6 Å². The molecular weight excluding hydrogens is 288 g/mol. The van der Waals surface area contributed by atoms with Gasteiger partial charge in [-0.3, -0.25) is 14.4 Å². The van der Waals surface area contributed by atoms with E-state index in [1.807, 2.05) is 6.92 Å². The quantitative estimate of drug-likeness (QED) is 0.662. The van der Waals surface area contributed by atoms with Gasteiger partial charge in [-0.05, 0) is 19.3 Å². The highest BCUT2D eigenvalue weighted by atomic mass is 16.5. The standard InChI is InChI=1S/C15H26N2O5/c1-3-4-9-22-11-14(19)16(2)10-13(18)17-7-5-12(6-8-17)15(20)21/h12H,3-11H2,1-2H3,(H,20,21). The number of ether oxygens (including phenoxy) is 1. The van der Waals surface area contributed by atoms with Crippen LogP contribution in [0.3, 0.4) is 0 Å². The van der Waals surface area contributed by atoms with Gasteiger partial charge in [0, 0.05) is 26.7 Å². The summed E-state index contributed by atoms with van der Waals surface area (Å²) in [4.78, 5) is 37.8. The molecule has 0 aromatic heterocycles. The Hall–Kier alpha value is -1.63. The molecular formula is C15H26N2O5. The topological polar surface area (TPSA) is 87.2 Å². The van der Waals surface area contributed by atoms with Crippen molar-refractivity contribution in [3.05, 3.63) is 0 Å². The fraction of sp³-hybridized carbons (Fsp3) is 0.800. The van der Waals surface area contributed by atoms with E-state index < -0.39 is 5.97 Å². The molecule has 1 N–H and O–H groups in total. The largest absolute Gasteiger partial charge is 0.481 e. The predicted molar refractivity (Wildman–Crippen MR) is 80.3 cm³/mol. The van der Waals surface area contributed by atoms with Crippen molar-refractivity contribution in [3.8, 4) is 0 Å². The number of hydrogen-bond donors (Lipinski definition) is 1. The van der Waals surface area contributed by atoms with Crippen LogP contribution in [0.4, 0.5) is 0 Å². The molecule has 0 aromatic carbocycles. The zero-order valence-electron chi connectivity index (χ0n) is 13.4. The Morgan fingerprint density at radius 1 is 1.27 bits per heavy atom. The zero-order valence-corrected chi connectivity index (χ0v) is 13.4. The third kappa shape index (κ3) is 6.01. The van der Waals surface area contributed by atoms with Crippen LogP contribution < -0.4 is 0 Å². The van der Waals surface area contributed by atoms with E-state index in [0.717, 1.165) is 12.8 Å². The van der Waals surface area contributed by atoms with Crippen molar-refractivity contribution < 1.29 is 24.2 Å². The van der Waals surface area contributed by atoms with Crippen LogP contribution >= 0.6 is 0 Å². The number of hydrogen-bond acceptors (Lipinski definition) is 4. The Balaban J connectivity index is 2.29. The molecule has 7 nitrogen and oxygen atoms in total. The number of aliphatic carboxylic acids is 1. The van der Waals surface area contributed by atoms with Crippen molar-refractivity contribution in [1.82, 2.24) is 9.80 Å². The molecule has 2 amide bonds. The highest BCUT2D eigenvalue weighted by Gasteiger charge is 2.27. The summed E-state index contributed by atoms with van der Waals surface area (Å²) >= 11 is 0. The molecule has 0 saturated carbocycles. The van der Waals surface area contributed by atoms with E-state index in [1.54, 1.807) is 11.9 Å². The molecule has 1 saturated heterocycles. The Morgan fingerprint density at radius 2 is 1.91 bits per heavy atom. The first-order chi connectivity index (χ1) is 10.5. The van der Waals surface area contributed by atoms with Crippen LogP contribution in [-0.4, -0.2) is 72.6 Å². The molecule has 1 fully saturated rings. The Labute approximate surface area is 131 Å². The van der Waals surface area contributed by atoms with Crippen LogP contribution in [0, 0.1) is 5.92 Å². The number of carbonyl (C=O) groups excluding carboxylic acids is 2. The number of rotatable bonds is 8. The molecule has 126 valence electrons. The molecule has 22 heavy (non-hydrogen) atoms. The molecule has 0 atom stereocenters. The minimum absolute atomic E-state index is 0.00765. The Kier molecular flexibility index (Phi) is 7.87. The van der Waals surface area contributed by atoms with Gasteiger partial charge in [0.1, 0.15) is 6.61 Å². The summed E-state index contributed by atoms with van der Waals surface area (Å²) in [5.41, 5.74) is 0. The highest BCUT2D eigenvalue weighted by Crippen LogP contribution is 2.17. The van der Waals surface area contributed by atoms with Gasteiger partial charge in [-0.15, -0.1) is 0 Å². The minimum Gasteiger partial charge on any atom is -0.481 e. The third-order valence-electron chi connectivity index (χ3n) is 3.86. The number of likely N-dealkylation sites (N-methyl/N-ethyl adjacent to an activating group) is 1. The first-order valence-electron chi connectivity index (χ1n) is 7.78. The smallest absolute Gasteiger partial charge is 0.306 e. The zero-order chi connectivity index (χ0) is 16.5. The molecule has 1 aliphatic heterocycles. The van der Waals surface area contributed by atoms with Crippen LogP contribution in [0.2, 0.25) is 0 Å². The predicted octanol–water partition coefficient (Wildman–Crippen LogP) is 0.585. The monoisotopic (exact) mass is 314 g/mol. The average Bonchev–Trinajstić information content (AvgIpc) is 2.51. The number of unbranched alkanes of at least 4 members (excludes halogenated alkanes) is 1. The first-order valence-corrected chi connectivity index (χ1v) is 7.78. The molecule has 0 unspecified atom stereocenters. The van der Waals surface area contributed by atoms with Crippen molar-refractivity contribution in [3.63, 3.8) is 0 Å². The highest BCUT2D eigenvalue weighted by molar-refractivity contribution is 5.85. The lowest BCUT2D eigenvalue weighted by Gasteiger charge is -2.31. The van der Waals surface area contributed by atoms with E-state index in [2.05, 4.69) is 0 Å². The summed E-state index contributed by atoms with van der Waals surface area (Å²) in [5, 5.41) is 8.93. The number of piperidine rings is 1. The maximum absolute atomic E-state index is 12.1. The second-order valence-corrected chi connectivity index (χ2v) is 5.65. The number of carbonyl (C=O) groups is 3. The molecule has 0 aromatic rings. The van der Waals surface area contributed by atoms with Gasteiger partial charge in [-0.1, -0.05) is 13.3 Å². The van der Waals surface area contributed by atoms with Crippen LogP contribution in [0.25, 0.3) is 0 Å². The second-order valence-electron chi connectivity index (χ2n) is 5.65. The summed E-state index contributed by atoms with van der Waals surface area (Å²) in [6, 6.07) is 0. The van der Waals surface area contributed by atoms with Crippen molar-refractivity contribution in [2.75, 3.05) is 39.9 Å². The van der Waals surface area contributed by atoms with Crippen molar-refractivity contribution in [2.45, 2.75) is 32.6 Å². The van der Waals surface area contributed by atoms with Crippen molar-refractivity contribution >= 4 is 17.8 Å². The lowest BCUT2D eigenvalue weighted by atomic mass is 9.97. The molecule has 0 aliphatic carbocycles. The fourth-order valence-corrected chi connectivity index (χ4v) is 2.28. The lowest BCUT2D eigenvalue weighted by Crippen LogP contribution is -2.46. The summed E-state index contributed by atoms with van der Waals surface area (Å²) in [6.07, 6.45) is 2.86. The van der Waals surface area contributed by atoms with Crippen LogP contribution in [0.5, 0.6) is 0 Å². The summed E-state index contributed by atoms with van der Waals surface area (Å²) in [7, 11) is 1.58. The maximum Gasteiger partial charge on any atom is 0.306 e. The summed E-state index contributed by atoms with van der Waals surface area (Å²) in [5.74, 6) is -1.53. The van der Waals surface area contributed by atoms with Gasteiger partial charge in [0.25, 0.3) is 0 Å². The van der Waals surface area contributed by atoms with Crippen LogP contribution in [0.15, 0.2) is 0 Å². The summed E-state index contributed by atoms with van der Waals surface area (Å²) in [6.45, 7) is 3.46. The number of amides is 2. The molecule has 1 rings (SSSR count).